The molecule has 0 bridgehead atoms. The molecule has 152 valence electrons. The van der Waals surface area contributed by atoms with Crippen molar-refractivity contribution in [3.63, 3.8) is 0 Å². The van der Waals surface area contributed by atoms with Crippen LogP contribution in [0.15, 0.2) is 34.5 Å². The van der Waals surface area contributed by atoms with E-state index in [1.807, 2.05) is 6.92 Å². The van der Waals surface area contributed by atoms with Gasteiger partial charge in [-0.05, 0) is 50.1 Å². The van der Waals surface area contributed by atoms with Gasteiger partial charge in [-0.15, -0.1) is 11.3 Å². The van der Waals surface area contributed by atoms with Crippen LogP contribution < -0.4 is 14.8 Å². The molecule has 2 aromatic rings. The predicted molar refractivity (Wildman–Crippen MR) is 107 cm³/mol. The van der Waals surface area contributed by atoms with Crippen molar-refractivity contribution in [1.29, 1.82) is 0 Å². The molecule has 1 fully saturated rings. The zero-order valence-corrected chi connectivity index (χ0v) is 17.7. The summed E-state index contributed by atoms with van der Waals surface area (Å²) in [5, 5.41) is 2.85. The quantitative estimate of drug-likeness (QED) is 0.738. The Morgan fingerprint density at radius 2 is 2.04 bits per heavy atom. The van der Waals surface area contributed by atoms with Gasteiger partial charge in [0, 0.05) is 23.5 Å². The van der Waals surface area contributed by atoms with Gasteiger partial charge in [-0.2, -0.15) is 4.31 Å². The first-order valence-corrected chi connectivity index (χ1v) is 11.2. The van der Waals surface area contributed by atoms with Crippen molar-refractivity contribution < 1.29 is 22.7 Å². The first kappa shape index (κ1) is 20.6. The van der Waals surface area contributed by atoms with Gasteiger partial charge in [0.2, 0.25) is 5.91 Å². The van der Waals surface area contributed by atoms with Crippen molar-refractivity contribution in [2.75, 3.05) is 20.8 Å². The molecule has 1 atom stereocenters. The molecule has 0 aliphatic carbocycles. The molecule has 1 saturated heterocycles. The fourth-order valence-electron chi connectivity index (χ4n) is 3.28. The van der Waals surface area contributed by atoms with Crippen LogP contribution in [0.2, 0.25) is 0 Å². The first-order valence-electron chi connectivity index (χ1n) is 8.93. The van der Waals surface area contributed by atoms with Crippen molar-refractivity contribution >= 4 is 27.3 Å². The van der Waals surface area contributed by atoms with E-state index in [0.29, 0.717) is 30.9 Å². The van der Waals surface area contributed by atoms with Gasteiger partial charge in [-0.25, -0.2) is 8.42 Å². The minimum atomic E-state index is -3.67. The molecule has 9 heteroatoms. The summed E-state index contributed by atoms with van der Waals surface area (Å²) in [6.07, 6.45) is 1.16. The molecule has 0 spiro atoms. The van der Waals surface area contributed by atoms with Gasteiger partial charge in [-0.3, -0.25) is 4.79 Å². The van der Waals surface area contributed by atoms with Gasteiger partial charge in [0.1, 0.15) is 21.8 Å². The van der Waals surface area contributed by atoms with Crippen molar-refractivity contribution in [1.82, 2.24) is 9.62 Å². The molecule has 1 aliphatic heterocycles. The molecular weight excluding hydrogens is 400 g/mol. The molecule has 1 aliphatic rings. The maximum atomic E-state index is 12.9. The van der Waals surface area contributed by atoms with Gasteiger partial charge in [0.05, 0.1) is 14.2 Å². The van der Waals surface area contributed by atoms with E-state index < -0.39 is 16.1 Å². The number of sulfonamides is 1. The third-order valence-corrected chi connectivity index (χ3v) is 8.10. The topological polar surface area (TPSA) is 84.9 Å². The van der Waals surface area contributed by atoms with Crippen LogP contribution in [0, 0.1) is 6.92 Å². The predicted octanol–water partition coefficient (Wildman–Crippen LogP) is 2.54. The average molecular weight is 425 g/mol. The second-order valence-electron chi connectivity index (χ2n) is 6.53. The lowest BCUT2D eigenvalue weighted by molar-refractivity contribution is -0.124. The molecule has 0 unspecified atom stereocenters. The number of benzene rings is 1. The minimum Gasteiger partial charge on any atom is -0.497 e. The number of hydrogen-bond donors (Lipinski definition) is 1. The summed E-state index contributed by atoms with van der Waals surface area (Å²) in [6, 6.07) is 8.01. The molecule has 28 heavy (non-hydrogen) atoms. The molecule has 7 nitrogen and oxygen atoms in total. The normalized spacial score (nSPS) is 17.5. The Bertz CT molecular complexity index is 955. The highest BCUT2D eigenvalue weighted by Crippen LogP contribution is 2.30. The molecule has 1 N–H and O–H groups in total. The highest BCUT2D eigenvalue weighted by Gasteiger charge is 2.39. The molecule has 1 aromatic heterocycles. The lowest BCUT2D eigenvalue weighted by Crippen LogP contribution is -2.45. The molecule has 3 rings (SSSR count). The van der Waals surface area contributed by atoms with Crippen LogP contribution in [0.5, 0.6) is 11.5 Å². The summed E-state index contributed by atoms with van der Waals surface area (Å²) < 4.78 is 38.0. The second kappa shape index (κ2) is 8.50. The number of nitrogens with zero attached hydrogens (tertiary/aromatic N) is 1. The summed E-state index contributed by atoms with van der Waals surface area (Å²) in [5.41, 5.74) is 0.761. The SMILES string of the molecule is COc1ccc(OC)c(CNC(=O)[C@H]2CCCN2S(=O)(=O)c2ccc(C)s2)c1. The van der Waals surface area contributed by atoms with Crippen LogP contribution in [0.3, 0.4) is 0 Å². The maximum absolute atomic E-state index is 12.9. The number of rotatable bonds is 7. The van der Waals surface area contributed by atoms with Gasteiger partial charge >= 0.3 is 0 Å². The lowest BCUT2D eigenvalue weighted by Gasteiger charge is -2.23. The number of nitrogens with one attached hydrogen (secondary N) is 1. The van der Waals surface area contributed by atoms with Crippen LogP contribution in [0.4, 0.5) is 0 Å². The Kier molecular flexibility index (Phi) is 6.26. The van der Waals surface area contributed by atoms with Crippen LogP contribution >= 0.6 is 11.3 Å². The molecular formula is C19H24N2O5S2. The summed E-state index contributed by atoms with van der Waals surface area (Å²) in [4.78, 5) is 13.7. The largest absolute Gasteiger partial charge is 0.497 e. The summed E-state index contributed by atoms with van der Waals surface area (Å²) in [5.74, 6) is 0.980. The Morgan fingerprint density at radius 1 is 1.25 bits per heavy atom. The van der Waals surface area contributed by atoms with Crippen LogP contribution in [0.25, 0.3) is 0 Å². The minimum absolute atomic E-state index is 0.224. The Labute approximate surface area is 169 Å². The van der Waals surface area contributed by atoms with Gasteiger partial charge < -0.3 is 14.8 Å². The fourth-order valence-corrected chi connectivity index (χ4v) is 6.35. The van der Waals surface area contributed by atoms with E-state index in [4.69, 9.17) is 9.47 Å². The highest BCUT2D eigenvalue weighted by atomic mass is 32.2. The highest BCUT2D eigenvalue weighted by molar-refractivity contribution is 7.91. The van der Waals surface area contributed by atoms with Crippen molar-refractivity contribution in [2.45, 2.75) is 36.6 Å². The van der Waals surface area contributed by atoms with Crippen molar-refractivity contribution in [3.8, 4) is 11.5 Å². The summed E-state index contributed by atoms with van der Waals surface area (Å²) in [6.45, 7) is 2.43. The van der Waals surface area contributed by atoms with Crippen LogP contribution in [-0.4, -0.2) is 45.4 Å². The van der Waals surface area contributed by atoms with Crippen molar-refractivity contribution in [3.05, 3.63) is 40.8 Å². The fraction of sp³-hybridized carbons (Fsp3) is 0.421. The van der Waals surface area contributed by atoms with E-state index >= 15 is 0 Å². The Balaban J connectivity index is 1.74. The van der Waals surface area contributed by atoms with Gasteiger partial charge in [0.15, 0.2) is 0 Å². The number of carbonyl (C=O) groups excluding carboxylic acids is 1. The standard InChI is InChI=1S/C19H24N2O5S2/c1-13-6-9-18(27-13)28(23,24)21-10-4-5-16(21)19(22)20-12-14-11-15(25-2)7-8-17(14)26-3/h6-9,11,16H,4-5,10,12H2,1-3H3,(H,20,22)/t16-/m1/s1. The van der Waals surface area contributed by atoms with Crippen LogP contribution in [-0.2, 0) is 21.4 Å². The number of ether oxygens (including phenoxy) is 2. The average Bonchev–Trinajstić information content (AvgIpc) is 3.35. The lowest BCUT2D eigenvalue weighted by atomic mass is 10.1. The number of amides is 1. The van der Waals surface area contributed by atoms with E-state index in [0.717, 1.165) is 10.4 Å². The molecule has 2 heterocycles. The van der Waals surface area contributed by atoms with E-state index in [2.05, 4.69) is 5.32 Å². The smallest absolute Gasteiger partial charge is 0.253 e. The maximum Gasteiger partial charge on any atom is 0.253 e. The third-order valence-electron chi connectivity index (χ3n) is 4.73. The van der Waals surface area contributed by atoms with Gasteiger partial charge in [0.25, 0.3) is 10.0 Å². The van der Waals surface area contributed by atoms with E-state index in [1.54, 1.807) is 44.6 Å². The monoisotopic (exact) mass is 424 g/mol. The summed E-state index contributed by atoms with van der Waals surface area (Å²) in [7, 11) is -0.548. The van der Waals surface area contributed by atoms with Crippen LogP contribution in [0.1, 0.15) is 23.3 Å². The number of methoxy groups -OCH3 is 2. The van der Waals surface area contributed by atoms with Crippen molar-refractivity contribution in [2.24, 2.45) is 0 Å². The second-order valence-corrected chi connectivity index (χ2v) is 9.94. The number of aryl methyl sites for hydroxylation is 1. The number of carbonyl (C=O) groups is 1. The number of hydrogen-bond acceptors (Lipinski definition) is 6. The Morgan fingerprint density at radius 3 is 2.68 bits per heavy atom. The van der Waals surface area contributed by atoms with Gasteiger partial charge in [-0.1, -0.05) is 0 Å². The van der Waals surface area contributed by atoms with E-state index in [-0.39, 0.29) is 16.7 Å². The van der Waals surface area contributed by atoms with E-state index in [9.17, 15) is 13.2 Å². The molecule has 0 saturated carbocycles. The summed E-state index contributed by atoms with van der Waals surface area (Å²) >= 11 is 1.22. The van der Waals surface area contributed by atoms with E-state index in [1.165, 1.54) is 15.6 Å². The zero-order valence-electron chi connectivity index (χ0n) is 16.1. The molecule has 0 radical (unpaired) electrons. The molecule has 1 aromatic carbocycles. The number of thiophene rings is 1. The third kappa shape index (κ3) is 4.16. The molecule has 1 amide bonds. The Hall–Kier alpha value is -2.10. The zero-order chi connectivity index (χ0) is 20.3. The first-order chi connectivity index (χ1) is 13.4.